The van der Waals surface area contributed by atoms with E-state index in [-0.39, 0.29) is 11.9 Å². The highest BCUT2D eigenvalue weighted by Crippen LogP contribution is 2.34. The molecular formula is C25H32ClN7O. The lowest BCUT2D eigenvalue weighted by atomic mass is 9.98. The fourth-order valence-corrected chi connectivity index (χ4v) is 5.31. The molecule has 0 radical (unpaired) electrons. The normalized spacial score (nSPS) is 23.5. The number of anilines is 2. The molecule has 0 unspecified atom stereocenters. The van der Waals surface area contributed by atoms with Gasteiger partial charge in [-0.05, 0) is 58.2 Å². The Kier molecular flexibility index (Phi) is 6.12. The van der Waals surface area contributed by atoms with Crippen LogP contribution in [-0.2, 0) is 0 Å². The van der Waals surface area contributed by atoms with Crippen LogP contribution < -0.4 is 16.0 Å². The highest BCUT2D eigenvalue weighted by molar-refractivity contribution is 6.31. The zero-order valence-electron chi connectivity index (χ0n) is 20.0. The number of nitrogens with two attached hydrogens (primary N) is 1. The second kappa shape index (κ2) is 9.07. The first kappa shape index (κ1) is 22.9. The van der Waals surface area contributed by atoms with E-state index in [4.69, 9.17) is 27.4 Å². The van der Waals surface area contributed by atoms with Crippen LogP contribution in [0.5, 0.6) is 0 Å². The Morgan fingerprint density at radius 3 is 2.88 bits per heavy atom. The van der Waals surface area contributed by atoms with E-state index in [0.29, 0.717) is 34.9 Å². The highest BCUT2D eigenvalue weighted by Gasteiger charge is 2.32. The van der Waals surface area contributed by atoms with E-state index in [0.717, 1.165) is 55.1 Å². The molecule has 0 spiro atoms. The molecule has 34 heavy (non-hydrogen) atoms. The first-order chi connectivity index (χ1) is 16.3. The summed E-state index contributed by atoms with van der Waals surface area (Å²) in [5.41, 5.74) is 9.76. The molecule has 1 amide bonds. The topological polar surface area (TPSA) is 91.8 Å². The zero-order valence-corrected chi connectivity index (χ0v) is 20.7. The average Bonchev–Trinajstić information content (AvgIpc) is 3.24. The molecule has 3 atom stereocenters. The lowest BCUT2D eigenvalue weighted by molar-refractivity contribution is 0.0607. The number of carbonyl (C=O) groups excluding carboxylic acids is 1. The summed E-state index contributed by atoms with van der Waals surface area (Å²) >= 11 is 6.16. The summed E-state index contributed by atoms with van der Waals surface area (Å²) in [6.07, 6.45) is 4.90. The summed E-state index contributed by atoms with van der Waals surface area (Å²) < 4.78 is 1.84. The Labute approximate surface area is 205 Å². The van der Waals surface area contributed by atoms with Gasteiger partial charge in [-0.25, -0.2) is 9.50 Å². The molecule has 2 aromatic heterocycles. The van der Waals surface area contributed by atoms with Crippen LogP contribution >= 0.6 is 11.6 Å². The molecule has 5 rings (SSSR count). The van der Waals surface area contributed by atoms with Crippen LogP contribution in [0.1, 0.15) is 60.8 Å². The van der Waals surface area contributed by atoms with Gasteiger partial charge in [-0.3, -0.25) is 4.79 Å². The SMILES string of the molecule is Cc1cn2nc([C@@H]3CCCCN3C(=O)c3cc(Cl)ccc3N)cc2nc1N1C[C@H](C)NC[C@H]1C. The largest absolute Gasteiger partial charge is 0.398 e. The third-order valence-electron chi connectivity index (χ3n) is 7.01. The van der Waals surface area contributed by atoms with Crippen molar-refractivity contribution < 1.29 is 4.79 Å². The number of piperazine rings is 1. The lowest BCUT2D eigenvalue weighted by Crippen LogP contribution is -2.55. The Balaban J connectivity index is 1.49. The van der Waals surface area contributed by atoms with Crippen LogP contribution in [0.15, 0.2) is 30.5 Å². The van der Waals surface area contributed by atoms with Gasteiger partial charge in [0, 0.05) is 60.3 Å². The summed E-state index contributed by atoms with van der Waals surface area (Å²) in [5, 5.41) is 8.89. The first-order valence-corrected chi connectivity index (χ1v) is 12.4. The van der Waals surface area contributed by atoms with Gasteiger partial charge in [-0.2, -0.15) is 5.10 Å². The Hall–Kier alpha value is -2.84. The van der Waals surface area contributed by atoms with Crippen molar-refractivity contribution in [2.75, 3.05) is 30.3 Å². The maximum absolute atomic E-state index is 13.5. The van der Waals surface area contributed by atoms with Crippen molar-refractivity contribution in [3.8, 4) is 0 Å². The van der Waals surface area contributed by atoms with Crippen molar-refractivity contribution in [3.05, 3.63) is 52.3 Å². The number of nitrogen functional groups attached to an aromatic ring is 1. The molecule has 0 aliphatic carbocycles. The maximum Gasteiger partial charge on any atom is 0.256 e. The number of rotatable bonds is 3. The van der Waals surface area contributed by atoms with Crippen molar-refractivity contribution in [1.29, 1.82) is 0 Å². The second-order valence-electron chi connectivity index (χ2n) is 9.67. The number of hydrogen-bond acceptors (Lipinski definition) is 6. The average molecular weight is 482 g/mol. The Morgan fingerprint density at radius 2 is 2.06 bits per heavy atom. The molecule has 9 heteroatoms. The van der Waals surface area contributed by atoms with E-state index >= 15 is 0 Å². The standard InChI is InChI=1S/C25H32ClN7O/c1-15-13-33-23(29-24(15)32-14-16(2)28-12-17(32)3)11-21(30-33)22-6-4-5-9-31(22)25(34)19-10-18(26)7-8-20(19)27/h7-8,10-11,13,16-17,22,28H,4-6,9,12,14,27H2,1-3H3/t16-,17+,22-/m0/s1. The third-order valence-corrected chi connectivity index (χ3v) is 7.25. The summed E-state index contributed by atoms with van der Waals surface area (Å²) in [6.45, 7) is 9.02. The summed E-state index contributed by atoms with van der Waals surface area (Å²) in [7, 11) is 0. The van der Waals surface area contributed by atoms with Crippen molar-refractivity contribution in [1.82, 2.24) is 24.8 Å². The number of benzene rings is 1. The summed E-state index contributed by atoms with van der Waals surface area (Å²) in [4.78, 5) is 22.8. The third kappa shape index (κ3) is 4.20. The molecule has 1 aromatic carbocycles. The smallest absolute Gasteiger partial charge is 0.256 e. The molecule has 180 valence electrons. The molecule has 2 aliphatic heterocycles. The van der Waals surface area contributed by atoms with Gasteiger partial charge in [0.15, 0.2) is 5.65 Å². The predicted molar refractivity (Wildman–Crippen MR) is 135 cm³/mol. The van der Waals surface area contributed by atoms with Crippen molar-refractivity contribution in [2.24, 2.45) is 0 Å². The molecule has 2 fully saturated rings. The fraction of sp³-hybridized carbons (Fsp3) is 0.480. The minimum atomic E-state index is -0.122. The molecule has 3 aromatic rings. The molecule has 8 nitrogen and oxygen atoms in total. The Morgan fingerprint density at radius 1 is 1.24 bits per heavy atom. The van der Waals surface area contributed by atoms with E-state index in [1.165, 1.54) is 0 Å². The quantitative estimate of drug-likeness (QED) is 0.552. The number of aryl methyl sites for hydroxylation is 1. The number of fused-ring (bicyclic) bond motifs is 1. The van der Waals surface area contributed by atoms with Gasteiger partial charge >= 0.3 is 0 Å². The van der Waals surface area contributed by atoms with Crippen LogP contribution in [0.3, 0.4) is 0 Å². The number of likely N-dealkylation sites (tertiary alicyclic amines) is 1. The number of hydrogen-bond donors (Lipinski definition) is 2. The molecule has 0 saturated carbocycles. The molecule has 2 saturated heterocycles. The van der Waals surface area contributed by atoms with Crippen LogP contribution in [0, 0.1) is 6.92 Å². The van der Waals surface area contributed by atoms with Crippen molar-refractivity contribution in [2.45, 2.75) is 58.2 Å². The van der Waals surface area contributed by atoms with E-state index in [1.54, 1.807) is 18.2 Å². The number of amides is 1. The lowest BCUT2D eigenvalue weighted by Gasteiger charge is -2.39. The van der Waals surface area contributed by atoms with Gasteiger partial charge in [0.2, 0.25) is 0 Å². The maximum atomic E-state index is 13.5. The molecule has 4 heterocycles. The monoisotopic (exact) mass is 481 g/mol. The minimum Gasteiger partial charge on any atom is -0.398 e. The number of piperidine rings is 1. The van der Waals surface area contributed by atoms with E-state index in [1.807, 2.05) is 21.7 Å². The molecular weight excluding hydrogens is 450 g/mol. The van der Waals surface area contributed by atoms with Crippen LogP contribution in [0.25, 0.3) is 5.65 Å². The van der Waals surface area contributed by atoms with E-state index < -0.39 is 0 Å². The molecule has 0 bridgehead atoms. The summed E-state index contributed by atoms with van der Waals surface area (Å²) in [6, 6.07) is 7.72. The summed E-state index contributed by atoms with van der Waals surface area (Å²) in [5.74, 6) is 0.901. The van der Waals surface area contributed by atoms with Gasteiger partial charge in [0.1, 0.15) is 5.82 Å². The van der Waals surface area contributed by atoms with Gasteiger partial charge in [-0.1, -0.05) is 11.6 Å². The zero-order chi connectivity index (χ0) is 24.0. The van der Waals surface area contributed by atoms with E-state index in [9.17, 15) is 4.79 Å². The second-order valence-corrected chi connectivity index (χ2v) is 10.1. The molecule has 2 aliphatic rings. The van der Waals surface area contributed by atoms with Gasteiger partial charge < -0.3 is 20.9 Å². The van der Waals surface area contributed by atoms with Gasteiger partial charge in [-0.15, -0.1) is 0 Å². The fourth-order valence-electron chi connectivity index (χ4n) is 5.14. The van der Waals surface area contributed by atoms with E-state index in [2.05, 4.69) is 31.0 Å². The van der Waals surface area contributed by atoms with Crippen LogP contribution in [0.2, 0.25) is 5.02 Å². The Bertz CT molecular complexity index is 1230. The van der Waals surface area contributed by atoms with Crippen LogP contribution in [-0.4, -0.2) is 57.1 Å². The number of aromatic nitrogens is 3. The first-order valence-electron chi connectivity index (χ1n) is 12.0. The number of halogens is 1. The van der Waals surface area contributed by atoms with Crippen molar-refractivity contribution >= 4 is 34.7 Å². The number of nitrogens with one attached hydrogen (secondary N) is 1. The predicted octanol–water partition coefficient (Wildman–Crippen LogP) is 3.83. The molecule has 3 N–H and O–H groups in total. The van der Waals surface area contributed by atoms with Crippen LogP contribution in [0.4, 0.5) is 11.5 Å². The number of carbonyl (C=O) groups is 1. The number of nitrogens with zero attached hydrogens (tertiary/aromatic N) is 5. The highest BCUT2D eigenvalue weighted by atomic mass is 35.5. The van der Waals surface area contributed by atoms with Gasteiger partial charge in [0.05, 0.1) is 17.3 Å². The van der Waals surface area contributed by atoms with Crippen molar-refractivity contribution in [3.63, 3.8) is 0 Å². The van der Waals surface area contributed by atoms with Gasteiger partial charge in [0.25, 0.3) is 5.91 Å². The minimum absolute atomic E-state index is 0.102.